The minimum absolute atomic E-state index is 0.0715. The molecule has 4 nitrogen and oxygen atoms in total. The zero-order valence-corrected chi connectivity index (χ0v) is 6.91. The molecule has 0 unspecified atom stereocenters. The highest BCUT2D eigenvalue weighted by atomic mass is 16.6. The molecule has 0 saturated heterocycles. The first-order valence-corrected chi connectivity index (χ1v) is 3.88. The zero-order chi connectivity index (χ0) is 9.14. The summed E-state index contributed by atoms with van der Waals surface area (Å²) in [4.78, 5) is 10.8. The molecule has 0 fully saturated rings. The van der Waals surface area contributed by atoms with Crippen molar-refractivity contribution < 1.29 is 19.7 Å². The average Bonchev–Trinajstić information content (AvgIpc) is 2.30. The number of aliphatic hydroxyl groups excluding tert-OH is 2. The number of rotatable bonds is 3. The highest BCUT2D eigenvalue weighted by Gasteiger charge is 2.30. The number of aliphatic hydroxyl groups is 2. The van der Waals surface area contributed by atoms with Gasteiger partial charge < -0.3 is 14.9 Å². The van der Waals surface area contributed by atoms with Gasteiger partial charge in [-0.1, -0.05) is 0 Å². The minimum Gasteiger partial charge on any atom is -0.502 e. The Morgan fingerprint density at radius 2 is 2.25 bits per heavy atom. The van der Waals surface area contributed by atoms with E-state index < -0.39 is 5.97 Å². The van der Waals surface area contributed by atoms with E-state index in [0.717, 1.165) is 0 Å². The number of ether oxygens (including phenoxy) is 1. The number of hydrogen-bond acceptors (Lipinski definition) is 4. The van der Waals surface area contributed by atoms with Crippen molar-refractivity contribution in [2.75, 3.05) is 6.61 Å². The molecular weight excluding hydrogens is 160 g/mol. The Bertz CT molecular complexity index is 219. The number of carbonyl (C=O) groups excluding carboxylic acids is 1. The predicted octanol–water partition coefficient (Wildman–Crippen LogP) is 0.516. The lowest BCUT2D eigenvalue weighted by atomic mass is 10.1. The Morgan fingerprint density at radius 1 is 1.58 bits per heavy atom. The van der Waals surface area contributed by atoms with E-state index in [0.29, 0.717) is 18.4 Å². The summed E-state index contributed by atoms with van der Waals surface area (Å²) < 4.78 is 4.81. The molecule has 1 heterocycles. The largest absolute Gasteiger partial charge is 0.502 e. The molecule has 0 amide bonds. The van der Waals surface area contributed by atoms with E-state index in [4.69, 9.17) is 14.9 Å². The second-order valence-electron chi connectivity index (χ2n) is 2.79. The molecule has 0 bridgehead atoms. The molecule has 0 spiro atoms. The van der Waals surface area contributed by atoms with Gasteiger partial charge in [0.2, 0.25) is 5.76 Å². The summed E-state index contributed by atoms with van der Waals surface area (Å²) in [6.45, 7) is 1.73. The molecule has 1 aliphatic rings. The molecule has 0 radical (unpaired) electrons. The number of carbonyl (C=O) groups is 1. The summed E-state index contributed by atoms with van der Waals surface area (Å²) in [6, 6.07) is 0. The van der Waals surface area contributed by atoms with Gasteiger partial charge in [0.05, 0.1) is 0 Å². The molecule has 1 atom stereocenters. The summed E-state index contributed by atoms with van der Waals surface area (Å²) in [7, 11) is 0. The Morgan fingerprint density at radius 3 is 2.67 bits per heavy atom. The maximum Gasteiger partial charge on any atom is 0.374 e. The van der Waals surface area contributed by atoms with E-state index in [9.17, 15) is 4.79 Å². The van der Waals surface area contributed by atoms with Gasteiger partial charge in [0, 0.05) is 12.2 Å². The maximum absolute atomic E-state index is 10.8. The van der Waals surface area contributed by atoms with E-state index in [-0.39, 0.29) is 18.5 Å². The highest BCUT2D eigenvalue weighted by molar-refractivity contribution is 5.89. The van der Waals surface area contributed by atoms with Crippen LogP contribution < -0.4 is 0 Å². The number of esters is 1. The monoisotopic (exact) mass is 172 g/mol. The number of hydrogen-bond donors (Lipinski definition) is 2. The van der Waals surface area contributed by atoms with Crippen LogP contribution in [0.2, 0.25) is 0 Å². The van der Waals surface area contributed by atoms with E-state index in [2.05, 4.69) is 0 Å². The lowest BCUT2D eigenvalue weighted by Crippen LogP contribution is -2.11. The molecule has 12 heavy (non-hydrogen) atoms. The van der Waals surface area contributed by atoms with Crippen molar-refractivity contribution in [2.45, 2.75) is 25.9 Å². The van der Waals surface area contributed by atoms with Crippen molar-refractivity contribution in [2.24, 2.45) is 0 Å². The van der Waals surface area contributed by atoms with Crippen LogP contribution in [0.5, 0.6) is 0 Å². The summed E-state index contributed by atoms with van der Waals surface area (Å²) in [5, 5.41) is 17.6. The van der Waals surface area contributed by atoms with Crippen molar-refractivity contribution in [1.82, 2.24) is 0 Å². The topological polar surface area (TPSA) is 66.8 Å². The van der Waals surface area contributed by atoms with Crippen LogP contribution in [0.25, 0.3) is 0 Å². The zero-order valence-electron chi connectivity index (χ0n) is 6.91. The van der Waals surface area contributed by atoms with Gasteiger partial charge in [-0.05, 0) is 19.8 Å². The molecule has 0 aromatic rings. The second kappa shape index (κ2) is 3.58. The highest BCUT2D eigenvalue weighted by Crippen LogP contribution is 2.23. The molecule has 68 valence electrons. The number of cyclic esters (lactones) is 1. The van der Waals surface area contributed by atoms with Gasteiger partial charge in [0.25, 0.3) is 0 Å². The summed E-state index contributed by atoms with van der Waals surface area (Å²) in [5.41, 5.74) is 0.563. The predicted molar refractivity (Wildman–Crippen MR) is 41.5 cm³/mol. The van der Waals surface area contributed by atoms with Crippen LogP contribution >= 0.6 is 0 Å². The van der Waals surface area contributed by atoms with E-state index >= 15 is 0 Å². The van der Waals surface area contributed by atoms with Gasteiger partial charge in [-0.3, -0.25) is 0 Å². The molecular formula is C8H12O4. The van der Waals surface area contributed by atoms with Gasteiger partial charge >= 0.3 is 5.97 Å². The molecule has 0 aromatic carbocycles. The van der Waals surface area contributed by atoms with Crippen LogP contribution in [-0.2, 0) is 9.53 Å². The lowest BCUT2D eigenvalue weighted by molar-refractivity contribution is -0.142. The fourth-order valence-corrected chi connectivity index (χ4v) is 1.14. The quantitative estimate of drug-likeness (QED) is 0.609. The minimum atomic E-state index is -0.657. The van der Waals surface area contributed by atoms with E-state index in [1.54, 1.807) is 6.92 Å². The van der Waals surface area contributed by atoms with Crippen LogP contribution in [0, 0.1) is 0 Å². The standard InChI is InChI=1S/C8H12O4/c1-5-6(3-2-4-9)12-8(11)7(5)10/h6,9-10H,2-4H2,1H3/t6-/m0/s1. The first-order chi connectivity index (χ1) is 5.66. The average molecular weight is 172 g/mol. The summed E-state index contributed by atoms with van der Waals surface area (Å²) in [6.07, 6.45) is 0.797. The summed E-state index contributed by atoms with van der Waals surface area (Å²) >= 11 is 0. The Hall–Kier alpha value is -1.03. The molecule has 0 aromatic heterocycles. The SMILES string of the molecule is CC1=C(O)C(=O)O[C@H]1CCCO. The van der Waals surface area contributed by atoms with Crippen molar-refractivity contribution >= 4 is 5.97 Å². The third-order valence-corrected chi connectivity index (χ3v) is 1.92. The molecule has 0 saturated carbocycles. The van der Waals surface area contributed by atoms with Crippen molar-refractivity contribution in [3.63, 3.8) is 0 Å². The molecule has 4 heteroatoms. The van der Waals surface area contributed by atoms with E-state index in [1.807, 2.05) is 0 Å². The third-order valence-electron chi connectivity index (χ3n) is 1.92. The van der Waals surface area contributed by atoms with Crippen LogP contribution in [-0.4, -0.2) is 28.9 Å². The molecule has 0 aliphatic carbocycles. The van der Waals surface area contributed by atoms with Gasteiger partial charge in [-0.25, -0.2) is 4.79 Å². The van der Waals surface area contributed by atoms with Gasteiger partial charge in [-0.15, -0.1) is 0 Å². The maximum atomic E-state index is 10.8. The Kier molecular flexibility index (Phi) is 2.70. The van der Waals surface area contributed by atoms with Crippen LogP contribution in [0.4, 0.5) is 0 Å². The molecule has 2 N–H and O–H groups in total. The fraction of sp³-hybridized carbons (Fsp3) is 0.625. The molecule has 1 rings (SSSR count). The smallest absolute Gasteiger partial charge is 0.374 e. The Labute approximate surface area is 70.5 Å². The van der Waals surface area contributed by atoms with Crippen molar-refractivity contribution in [3.8, 4) is 0 Å². The fourth-order valence-electron chi connectivity index (χ4n) is 1.14. The third kappa shape index (κ3) is 1.58. The van der Waals surface area contributed by atoms with Crippen LogP contribution in [0.1, 0.15) is 19.8 Å². The van der Waals surface area contributed by atoms with Gasteiger partial charge in [0.15, 0.2) is 0 Å². The van der Waals surface area contributed by atoms with E-state index in [1.165, 1.54) is 0 Å². The van der Waals surface area contributed by atoms with Crippen molar-refractivity contribution in [1.29, 1.82) is 0 Å². The van der Waals surface area contributed by atoms with Gasteiger partial charge in [-0.2, -0.15) is 0 Å². The first-order valence-electron chi connectivity index (χ1n) is 3.88. The van der Waals surface area contributed by atoms with Crippen LogP contribution in [0.15, 0.2) is 11.3 Å². The van der Waals surface area contributed by atoms with Crippen LogP contribution in [0.3, 0.4) is 0 Å². The Balaban J connectivity index is 2.55. The normalized spacial score (nSPS) is 23.2. The van der Waals surface area contributed by atoms with Crippen molar-refractivity contribution in [3.05, 3.63) is 11.3 Å². The second-order valence-corrected chi connectivity index (χ2v) is 2.79. The summed E-state index contributed by atoms with van der Waals surface area (Å²) in [5.74, 6) is -0.937. The van der Waals surface area contributed by atoms with Gasteiger partial charge in [0.1, 0.15) is 6.10 Å². The first kappa shape index (κ1) is 9.06. The lowest BCUT2D eigenvalue weighted by Gasteiger charge is -2.08. The molecule has 1 aliphatic heterocycles.